The molecule has 1 heterocycles. The Hall–Kier alpha value is -6.90. The van der Waals surface area contributed by atoms with E-state index in [1.54, 1.807) is 0 Å². The van der Waals surface area contributed by atoms with Crippen LogP contribution in [0.15, 0.2) is 205 Å². The molecule has 0 spiro atoms. The molecular formula is C50H33NO. The van der Waals surface area contributed by atoms with Crippen LogP contribution in [0.3, 0.4) is 0 Å². The summed E-state index contributed by atoms with van der Waals surface area (Å²) in [5.74, 6) is 0. The Morgan fingerprint density at radius 1 is 0.308 bits per heavy atom. The second-order valence-electron chi connectivity index (χ2n) is 13.3. The highest BCUT2D eigenvalue weighted by Gasteiger charge is 2.19. The number of fused-ring (bicyclic) bond motifs is 5. The molecule has 10 rings (SSSR count). The molecular weight excluding hydrogens is 631 g/mol. The molecule has 0 saturated carbocycles. The third kappa shape index (κ3) is 5.12. The highest BCUT2D eigenvalue weighted by molar-refractivity contribution is 6.15. The molecule has 52 heavy (non-hydrogen) atoms. The summed E-state index contributed by atoms with van der Waals surface area (Å²) in [4.78, 5) is 2.40. The lowest BCUT2D eigenvalue weighted by Crippen LogP contribution is -2.10. The van der Waals surface area contributed by atoms with Crippen molar-refractivity contribution in [2.24, 2.45) is 0 Å². The fourth-order valence-corrected chi connectivity index (χ4v) is 7.76. The second-order valence-corrected chi connectivity index (χ2v) is 13.3. The number of nitrogens with zero attached hydrogens (tertiary/aromatic N) is 1. The molecule has 0 atom stereocenters. The third-order valence-corrected chi connectivity index (χ3v) is 10.3. The van der Waals surface area contributed by atoms with Crippen molar-refractivity contribution in [3.05, 3.63) is 200 Å². The van der Waals surface area contributed by atoms with Crippen LogP contribution >= 0.6 is 0 Å². The van der Waals surface area contributed by atoms with Crippen LogP contribution in [0.5, 0.6) is 0 Å². The van der Waals surface area contributed by atoms with Crippen molar-refractivity contribution in [3.8, 4) is 33.4 Å². The lowest BCUT2D eigenvalue weighted by atomic mass is 9.92. The van der Waals surface area contributed by atoms with Crippen molar-refractivity contribution in [1.29, 1.82) is 0 Å². The van der Waals surface area contributed by atoms with Gasteiger partial charge in [0.2, 0.25) is 0 Å². The molecule has 0 fully saturated rings. The van der Waals surface area contributed by atoms with Crippen LogP contribution in [0.4, 0.5) is 17.1 Å². The zero-order valence-corrected chi connectivity index (χ0v) is 28.4. The first-order valence-corrected chi connectivity index (χ1v) is 17.8. The number of benzene rings is 9. The van der Waals surface area contributed by atoms with Crippen molar-refractivity contribution in [2.45, 2.75) is 0 Å². The molecule has 0 unspecified atom stereocenters. The zero-order chi connectivity index (χ0) is 34.4. The standard InChI is InChI=1S/C50H33NO/c1-3-13-34(14-4-1)36-25-27-39(28-26-36)51(40-19-11-17-37(31-40)35-15-5-2-6-16-35)48-30-29-43(41-20-7-8-21-44(41)48)42-23-12-18-38-32-47-45-22-9-10-24-49(45)52-50(47)33-46(38)42/h1-33H. The van der Waals surface area contributed by atoms with Gasteiger partial charge in [-0.25, -0.2) is 0 Å². The minimum absolute atomic E-state index is 0.908. The van der Waals surface area contributed by atoms with E-state index < -0.39 is 0 Å². The van der Waals surface area contributed by atoms with Crippen molar-refractivity contribution in [3.63, 3.8) is 0 Å². The Labute approximate surface area is 302 Å². The molecule has 10 aromatic rings. The fraction of sp³-hybridized carbons (Fsp3) is 0. The maximum Gasteiger partial charge on any atom is 0.136 e. The van der Waals surface area contributed by atoms with E-state index in [0.717, 1.165) is 39.0 Å². The number of rotatable bonds is 6. The minimum Gasteiger partial charge on any atom is -0.456 e. The maximum atomic E-state index is 6.36. The van der Waals surface area contributed by atoms with Crippen LogP contribution in [0.2, 0.25) is 0 Å². The topological polar surface area (TPSA) is 16.4 Å². The summed E-state index contributed by atoms with van der Waals surface area (Å²) in [6, 6.07) is 71.7. The van der Waals surface area contributed by atoms with Gasteiger partial charge in [-0.1, -0.05) is 152 Å². The Balaban J connectivity index is 1.16. The highest BCUT2D eigenvalue weighted by Crippen LogP contribution is 2.45. The van der Waals surface area contributed by atoms with Gasteiger partial charge in [-0.2, -0.15) is 0 Å². The zero-order valence-electron chi connectivity index (χ0n) is 28.4. The molecule has 0 aliphatic carbocycles. The quantitative estimate of drug-likeness (QED) is 0.176. The summed E-state index contributed by atoms with van der Waals surface area (Å²) < 4.78 is 6.36. The van der Waals surface area contributed by atoms with E-state index in [0.29, 0.717) is 0 Å². The number of anilines is 3. The summed E-state index contributed by atoms with van der Waals surface area (Å²) in [5, 5.41) is 7.04. The van der Waals surface area contributed by atoms with Gasteiger partial charge >= 0.3 is 0 Å². The van der Waals surface area contributed by atoms with Gasteiger partial charge in [0.25, 0.3) is 0 Å². The second kappa shape index (κ2) is 12.5. The SMILES string of the molecule is c1ccc(-c2ccc(N(c3cccc(-c4ccccc4)c3)c3ccc(-c4cccc5cc6c(cc45)oc4ccccc46)c4ccccc34)cc2)cc1. The predicted molar refractivity (Wildman–Crippen MR) is 220 cm³/mol. The smallest absolute Gasteiger partial charge is 0.136 e. The van der Waals surface area contributed by atoms with Crippen LogP contribution in [0, 0.1) is 0 Å². The van der Waals surface area contributed by atoms with Gasteiger partial charge in [-0.3, -0.25) is 0 Å². The van der Waals surface area contributed by atoms with E-state index in [9.17, 15) is 0 Å². The van der Waals surface area contributed by atoms with Crippen molar-refractivity contribution in [1.82, 2.24) is 0 Å². The van der Waals surface area contributed by atoms with Gasteiger partial charge in [0.05, 0.1) is 5.69 Å². The van der Waals surface area contributed by atoms with Crippen molar-refractivity contribution >= 4 is 60.5 Å². The van der Waals surface area contributed by atoms with Gasteiger partial charge in [0, 0.05) is 27.5 Å². The van der Waals surface area contributed by atoms with E-state index >= 15 is 0 Å². The molecule has 0 saturated heterocycles. The van der Waals surface area contributed by atoms with Crippen LogP contribution < -0.4 is 4.90 Å². The molecule has 0 amide bonds. The average Bonchev–Trinajstić information content (AvgIpc) is 3.58. The Bertz CT molecular complexity index is 2890. The molecule has 0 aliphatic heterocycles. The lowest BCUT2D eigenvalue weighted by molar-refractivity contribution is 0.669. The molecule has 2 heteroatoms. The molecule has 2 nitrogen and oxygen atoms in total. The minimum atomic E-state index is 0.908. The molecule has 0 radical (unpaired) electrons. The summed E-state index contributed by atoms with van der Waals surface area (Å²) in [6.45, 7) is 0. The molecule has 244 valence electrons. The van der Waals surface area contributed by atoms with E-state index in [4.69, 9.17) is 4.42 Å². The van der Waals surface area contributed by atoms with E-state index in [1.807, 2.05) is 12.1 Å². The maximum absolute atomic E-state index is 6.36. The molecule has 0 N–H and O–H groups in total. The van der Waals surface area contributed by atoms with Crippen molar-refractivity contribution < 1.29 is 4.42 Å². The number of furan rings is 1. The highest BCUT2D eigenvalue weighted by atomic mass is 16.3. The number of hydrogen-bond donors (Lipinski definition) is 0. The third-order valence-electron chi connectivity index (χ3n) is 10.3. The lowest BCUT2D eigenvalue weighted by Gasteiger charge is -2.28. The van der Waals surface area contributed by atoms with Gasteiger partial charge < -0.3 is 9.32 Å². The van der Waals surface area contributed by atoms with Crippen LogP contribution in [0.1, 0.15) is 0 Å². The van der Waals surface area contributed by atoms with E-state index in [2.05, 4.69) is 193 Å². The van der Waals surface area contributed by atoms with Gasteiger partial charge in [-0.05, 0) is 98.1 Å². The van der Waals surface area contributed by atoms with Crippen LogP contribution in [-0.4, -0.2) is 0 Å². The largest absolute Gasteiger partial charge is 0.456 e. The molecule has 9 aromatic carbocycles. The summed E-state index contributed by atoms with van der Waals surface area (Å²) in [7, 11) is 0. The first-order valence-electron chi connectivity index (χ1n) is 17.8. The molecule has 1 aromatic heterocycles. The molecule has 0 aliphatic rings. The number of para-hydroxylation sites is 1. The monoisotopic (exact) mass is 663 g/mol. The van der Waals surface area contributed by atoms with E-state index in [-0.39, 0.29) is 0 Å². The first-order chi connectivity index (χ1) is 25.8. The van der Waals surface area contributed by atoms with Crippen LogP contribution in [-0.2, 0) is 0 Å². The Morgan fingerprint density at radius 2 is 0.923 bits per heavy atom. The van der Waals surface area contributed by atoms with Crippen LogP contribution in [0.25, 0.3) is 76.9 Å². The summed E-state index contributed by atoms with van der Waals surface area (Å²) in [5.41, 5.74) is 12.3. The Morgan fingerprint density at radius 3 is 1.71 bits per heavy atom. The van der Waals surface area contributed by atoms with Gasteiger partial charge in [0.15, 0.2) is 0 Å². The first kappa shape index (κ1) is 30.0. The van der Waals surface area contributed by atoms with Gasteiger partial charge in [0.1, 0.15) is 11.2 Å². The fourth-order valence-electron chi connectivity index (χ4n) is 7.76. The van der Waals surface area contributed by atoms with Crippen molar-refractivity contribution in [2.75, 3.05) is 4.90 Å². The normalized spacial score (nSPS) is 11.5. The van der Waals surface area contributed by atoms with E-state index in [1.165, 1.54) is 54.9 Å². The predicted octanol–water partition coefficient (Wildman–Crippen LogP) is 14.4. The Kier molecular flexibility index (Phi) is 7.18. The average molecular weight is 664 g/mol. The summed E-state index contributed by atoms with van der Waals surface area (Å²) in [6.07, 6.45) is 0. The summed E-state index contributed by atoms with van der Waals surface area (Å²) >= 11 is 0. The van der Waals surface area contributed by atoms with Gasteiger partial charge in [-0.15, -0.1) is 0 Å². The molecule has 0 bridgehead atoms. The number of hydrogen-bond acceptors (Lipinski definition) is 2.